The van der Waals surface area contributed by atoms with Crippen molar-refractivity contribution in [2.75, 3.05) is 17.6 Å². The van der Waals surface area contributed by atoms with Crippen molar-refractivity contribution in [1.29, 1.82) is 0 Å². The zero-order chi connectivity index (χ0) is 12.2. The van der Waals surface area contributed by atoms with Gasteiger partial charge >= 0.3 is 0 Å². The maximum absolute atomic E-state index is 10.1. The third kappa shape index (κ3) is 3.10. The summed E-state index contributed by atoms with van der Waals surface area (Å²) in [6.45, 7) is 6.42. The minimum atomic E-state index is -0.657. The second kappa shape index (κ2) is 5.16. The predicted molar refractivity (Wildman–Crippen MR) is 67.4 cm³/mol. The number of nitrogen functional groups attached to an aromatic ring is 1. The first-order valence-corrected chi connectivity index (χ1v) is 5.69. The minimum Gasteiger partial charge on any atom is -0.397 e. The van der Waals surface area contributed by atoms with Crippen molar-refractivity contribution in [1.82, 2.24) is 4.98 Å². The van der Waals surface area contributed by atoms with Gasteiger partial charge in [-0.3, -0.25) is 0 Å². The molecule has 0 atom stereocenters. The fourth-order valence-corrected chi connectivity index (χ4v) is 1.53. The van der Waals surface area contributed by atoms with Crippen LogP contribution >= 0.6 is 0 Å². The average molecular weight is 223 g/mol. The monoisotopic (exact) mass is 223 g/mol. The maximum Gasteiger partial charge on any atom is 0.129 e. The summed E-state index contributed by atoms with van der Waals surface area (Å²) >= 11 is 0. The van der Waals surface area contributed by atoms with Crippen LogP contribution in [0, 0.1) is 6.92 Å². The van der Waals surface area contributed by atoms with Gasteiger partial charge in [-0.2, -0.15) is 0 Å². The molecule has 90 valence electrons. The van der Waals surface area contributed by atoms with Crippen molar-refractivity contribution < 1.29 is 5.11 Å². The van der Waals surface area contributed by atoms with Crippen LogP contribution in [0.1, 0.15) is 32.3 Å². The summed E-state index contributed by atoms with van der Waals surface area (Å²) in [5.74, 6) is 0.787. The highest BCUT2D eigenvalue weighted by Gasteiger charge is 2.21. The molecular formula is C12H21N3O. The zero-order valence-electron chi connectivity index (χ0n) is 10.2. The first-order chi connectivity index (χ1) is 7.50. The molecule has 16 heavy (non-hydrogen) atoms. The van der Waals surface area contributed by atoms with Gasteiger partial charge in [-0.25, -0.2) is 4.98 Å². The van der Waals surface area contributed by atoms with Crippen LogP contribution in [0.25, 0.3) is 0 Å². The number of nitrogens with zero attached hydrogens (tertiary/aromatic N) is 1. The van der Waals surface area contributed by atoms with Crippen LogP contribution in [-0.2, 0) is 0 Å². The van der Waals surface area contributed by atoms with Gasteiger partial charge in [-0.15, -0.1) is 0 Å². The second-order valence-electron chi connectivity index (χ2n) is 4.22. The van der Waals surface area contributed by atoms with Crippen LogP contribution in [0.2, 0.25) is 0 Å². The maximum atomic E-state index is 10.1. The lowest BCUT2D eigenvalue weighted by Gasteiger charge is -2.26. The molecule has 0 fully saturated rings. The van der Waals surface area contributed by atoms with E-state index in [1.54, 1.807) is 6.20 Å². The third-order valence-corrected chi connectivity index (χ3v) is 3.00. The largest absolute Gasteiger partial charge is 0.397 e. The summed E-state index contributed by atoms with van der Waals surface area (Å²) in [7, 11) is 0. The summed E-state index contributed by atoms with van der Waals surface area (Å²) in [5.41, 5.74) is 6.62. The predicted octanol–water partition coefficient (Wildman–Crippen LogP) is 1.94. The van der Waals surface area contributed by atoms with E-state index >= 15 is 0 Å². The van der Waals surface area contributed by atoms with Gasteiger partial charge in [0.2, 0.25) is 0 Å². The molecule has 0 unspecified atom stereocenters. The number of hydrogen-bond acceptors (Lipinski definition) is 4. The fourth-order valence-electron chi connectivity index (χ4n) is 1.53. The lowest BCUT2D eigenvalue weighted by Crippen LogP contribution is -2.35. The molecule has 0 aliphatic rings. The molecule has 1 aromatic heterocycles. The number of nitrogens with one attached hydrogen (secondary N) is 1. The van der Waals surface area contributed by atoms with Gasteiger partial charge in [-0.1, -0.05) is 13.8 Å². The smallest absolute Gasteiger partial charge is 0.129 e. The van der Waals surface area contributed by atoms with E-state index in [0.29, 0.717) is 12.2 Å². The van der Waals surface area contributed by atoms with Gasteiger partial charge in [0.25, 0.3) is 0 Å². The Hall–Kier alpha value is -1.29. The third-order valence-electron chi connectivity index (χ3n) is 3.00. The highest BCUT2D eigenvalue weighted by atomic mass is 16.3. The minimum absolute atomic E-state index is 0.512. The van der Waals surface area contributed by atoms with Crippen LogP contribution in [-0.4, -0.2) is 22.2 Å². The molecule has 0 aliphatic carbocycles. The van der Waals surface area contributed by atoms with Gasteiger partial charge in [-0.05, 0) is 31.4 Å². The molecule has 0 amide bonds. The molecule has 4 nitrogen and oxygen atoms in total. The molecule has 1 heterocycles. The summed E-state index contributed by atoms with van der Waals surface area (Å²) in [5, 5.41) is 13.3. The Bertz CT molecular complexity index is 348. The number of pyridine rings is 1. The van der Waals surface area contributed by atoms with E-state index in [1.165, 1.54) is 0 Å². The van der Waals surface area contributed by atoms with Gasteiger partial charge in [0.1, 0.15) is 5.82 Å². The van der Waals surface area contributed by atoms with Crippen LogP contribution in [0.4, 0.5) is 11.5 Å². The van der Waals surface area contributed by atoms with Gasteiger partial charge in [0.05, 0.1) is 17.5 Å². The van der Waals surface area contributed by atoms with E-state index in [1.807, 2.05) is 26.8 Å². The van der Waals surface area contributed by atoms with Crippen molar-refractivity contribution in [2.45, 2.75) is 39.2 Å². The number of nitrogens with two attached hydrogens (primary N) is 1. The average Bonchev–Trinajstić information content (AvgIpc) is 2.27. The van der Waals surface area contributed by atoms with E-state index in [9.17, 15) is 5.11 Å². The number of anilines is 2. The summed E-state index contributed by atoms with van der Waals surface area (Å²) in [4.78, 5) is 4.20. The van der Waals surface area contributed by atoms with E-state index in [-0.39, 0.29) is 0 Å². The van der Waals surface area contributed by atoms with E-state index in [0.717, 1.165) is 24.2 Å². The number of rotatable bonds is 5. The molecule has 1 rings (SSSR count). The molecular weight excluding hydrogens is 202 g/mol. The topological polar surface area (TPSA) is 71.2 Å². The van der Waals surface area contributed by atoms with Crippen LogP contribution in [0.5, 0.6) is 0 Å². The lowest BCUT2D eigenvalue weighted by atomic mass is 9.97. The molecule has 0 saturated carbocycles. The van der Waals surface area contributed by atoms with Crippen molar-refractivity contribution in [2.24, 2.45) is 0 Å². The molecule has 4 heteroatoms. The quantitative estimate of drug-likeness (QED) is 0.713. The summed E-state index contributed by atoms with van der Waals surface area (Å²) < 4.78 is 0. The van der Waals surface area contributed by atoms with E-state index < -0.39 is 5.60 Å². The van der Waals surface area contributed by atoms with Gasteiger partial charge < -0.3 is 16.2 Å². The van der Waals surface area contributed by atoms with Gasteiger partial charge in [0, 0.05) is 6.54 Å². The SMILES string of the molecule is CCC(O)(CC)CNc1ncc(N)cc1C. The molecule has 0 saturated heterocycles. The Morgan fingerprint density at radius 1 is 1.44 bits per heavy atom. The fraction of sp³-hybridized carbons (Fsp3) is 0.583. The highest BCUT2D eigenvalue weighted by molar-refractivity contribution is 5.50. The number of aromatic nitrogens is 1. The normalized spacial score (nSPS) is 11.5. The first kappa shape index (κ1) is 12.8. The molecule has 0 bridgehead atoms. The van der Waals surface area contributed by atoms with Crippen molar-refractivity contribution >= 4 is 11.5 Å². The van der Waals surface area contributed by atoms with E-state index in [2.05, 4.69) is 10.3 Å². The highest BCUT2D eigenvalue weighted by Crippen LogP contribution is 2.18. The van der Waals surface area contributed by atoms with Gasteiger partial charge in [0.15, 0.2) is 0 Å². The Morgan fingerprint density at radius 2 is 2.06 bits per heavy atom. The molecule has 0 aliphatic heterocycles. The molecule has 0 radical (unpaired) electrons. The number of hydrogen-bond donors (Lipinski definition) is 3. The number of aryl methyl sites for hydroxylation is 1. The Kier molecular flexibility index (Phi) is 4.12. The zero-order valence-corrected chi connectivity index (χ0v) is 10.2. The number of aliphatic hydroxyl groups is 1. The lowest BCUT2D eigenvalue weighted by molar-refractivity contribution is 0.0456. The molecule has 0 aromatic carbocycles. The standard InChI is InChI=1S/C12H21N3O/c1-4-12(16,5-2)8-15-11-9(3)6-10(13)7-14-11/h6-7,16H,4-5,8,13H2,1-3H3,(H,14,15). The molecule has 0 spiro atoms. The summed E-state index contributed by atoms with van der Waals surface area (Å²) in [6, 6.07) is 1.87. The first-order valence-electron chi connectivity index (χ1n) is 5.69. The molecule has 4 N–H and O–H groups in total. The van der Waals surface area contributed by atoms with Crippen molar-refractivity contribution in [3.8, 4) is 0 Å². The van der Waals surface area contributed by atoms with E-state index in [4.69, 9.17) is 5.73 Å². The molecule has 1 aromatic rings. The van der Waals surface area contributed by atoms with Crippen LogP contribution in [0.3, 0.4) is 0 Å². The summed E-state index contributed by atoms with van der Waals surface area (Å²) in [6.07, 6.45) is 3.07. The van der Waals surface area contributed by atoms with Crippen LogP contribution < -0.4 is 11.1 Å². The van der Waals surface area contributed by atoms with Crippen LogP contribution in [0.15, 0.2) is 12.3 Å². The van der Waals surface area contributed by atoms with Crippen molar-refractivity contribution in [3.63, 3.8) is 0 Å². The Labute approximate surface area is 96.9 Å². The Balaban J connectivity index is 2.67. The second-order valence-corrected chi connectivity index (χ2v) is 4.22. The Morgan fingerprint density at radius 3 is 2.56 bits per heavy atom. The van der Waals surface area contributed by atoms with Crippen molar-refractivity contribution in [3.05, 3.63) is 17.8 Å².